The van der Waals surface area contributed by atoms with E-state index in [1.165, 1.54) is 24.0 Å². The van der Waals surface area contributed by atoms with Crippen molar-refractivity contribution in [2.24, 2.45) is 0 Å². The Bertz CT molecular complexity index is 831. The van der Waals surface area contributed by atoms with Gasteiger partial charge in [-0.1, -0.05) is 11.6 Å². The van der Waals surface area contributed by atoms with Gasteiger partial charge in [-0.3, -0.25) is 9.59 Å². The first-order valence-corrected chi connectivity index (χ1v) is 10.1. The molecule has 2 rings (SSSR count). The number of sulfone groups is 1. The van der Waals surface area contributed by atoms with E-state index < -0.39 is 28.3 Å². The van der Waals surface area contributed by atoms with E-state index in [0.717, 1.165) is 12.3 Å². The first-order chi connectivity index (χ1) is 12.1. The van der Waals surface area contributed by atoms with Gasteiger partial charge in [-0.05, 0) is 18.2 Å². The van der Waals surface area contributed by atoms with Crippen molar-refractivity contribution >= 4 is 39.2 Å². The maximum Gasteiger partial charge on any atom is 0.340 e. The molecule has 142 valence electrons. The summed E-state index contributed by atoms with van der Waals surface area (Å²) in [5.74, 6) is -1.32. The van der Waals surface area contributed by atoms with Gasteiger partial charge in [0.1, 0.15) is 0 Å². The molecule has 0 unspecified atom stereocenters. The Morgan fingerprint density at radius 2 is 1.69 bits per heavy atom. The molecule has 1 heterocycles. The molecular weight excluding hydrogens is 384 g/mol. The summed E-state index contributed by atoms with van der Waals surface area (Å²) in [5, 5.41) is 0.0323. The van der Waals surface area contributed by atoms with Crippen LogP contribution in [0.3, 0.4) is 0 Å². The number of esters is 1. The van der Waals surface area contributed by atoms with Gasteiger partial charge >= 0.3 is 5.97 Å². The van der Waals surface area contributed by atoms with Crippen LogP contribution in [-0.2, 0) is 24.2 Å². The molecule has 0 radical (unpaired) electrons. The summed E-state index contributed by atoms with van der Waals surface area (Å²) < 4.78 is 28.1. The quantitative estimate of drug-likeness (QED) is 0.683. The lowest BCUT2D eigenvalue weighted by molar-refractivity contribution is -0.140. The van der Waals surface area contributed by atoms with Gasteiger partial charge in [0.15, 0.2) is 16.4 Å². The van der Waals surface area contributed by atoms with E-state index in [9.17, 15) is 22.8 Å². The number of ether oxygens (including phenoxy) is 1. The van der Waals surface area contributed by atoms with Crippen LogP contribution < -0.4 is 0 Å². The molecule has 8 nitrogen and oxygen atoms in total. The fraction of sp³-hybridized carbons (Fsp3) is 0.438. The predicted octanol–water partition coefficient (Wildman–Crippen LogP) is 0.591. The smallest absolute Gasteiger partial charge is 0.340 e. The average molecular weight is 403 g/mol. The largest absolute Gasteiger partial charge is 0.452 e. The number of piperazine rings is 1. The average Bonchev–Trinajstić information content (AvgIpc) is 2.58. The highest BCUT2D eigenvalue weighted by Crippen LogP contribution is 2.21. The minimum atomic E-state index is -3.51. The Morgan fingerprint density at radius 3 is 2.23 bits per heavy atom. The Kier molecular flexibility index (Phi) is 6.25. The molecule has 1 aromatic carbocycles. The van der Waals surface area contributed by atoms with E-state index in [4.69, 9.17) is 16.3 Å². The fourth-order valence-corrected chi connectivity index (χ4v) is 3.30. The van der Waals surface area contributed by atoms with Crippen molar-refractivity contribution in [1.82, 2.24) is 9.80 Å². The Hall–Kier alpha value is -2.13. The van der Waals surface area contributed by atoms with Crippen LogP contribution in [0.15, 0.2) is 23.1 Å². The second-order valence-electron chi connectivity index (χ2n) is 5.88. The molecule has 10 heteroatoms. The first-order valence-electron chi connectivity index (χ1n) is 7.79. The number of hydrogen-bond donors (Lipinski definition) is 0. The fourth-order valence-electron chi connectivity index (χ4n) is 2.46. The third-order valence-corrected chi connectivity index (χ3v) is 5.43. The molecule has 0 aliphatic carbocycles. The van der Waals surface area contributed by atoms with Crippen molar-refractivity contribution in [1.29, 1.82) is 0 Å². The van der Waals surface area contributed by atoms with Crippen molar-refractivity contribution in [3.05, 3.63) is 28.8 Å². The Balaban J connectivity index is 1.97. The maximum absolute atomic E-state index is 12.1. The van der Waals surface area contributed by atoms with Gasteiger partial charge in [0.05, 0.1) is 15.5 Å². The highest BCUT2D eigenvalue weighted by Gasteiger charge is 2.24. The lowest BCUT2D eigenvalue weighted by atomic mass is 10.2. The van der Waals surface area contributed by atoms with E-state index >= 15 is 0 Å². The van der Waals surface area contributed by atoms with E-state index in [1.54, 1.807) is 4.90 Å². The molecule has 0 bridgehead atoms. The molecule has 0 N–H and O–H groups in total. The molecule has 0 saturated carbocycles. The van der Waals surface area contributed by atoms with E-state index in [-0.39, 0.29) is 21.4 Å². The molecule has 0 atom stereocenters. The molecule has 26 heavy (non-hydrogen) atoms. The second-order valence-corrected chi connectivity index (χ2v) is 8.30. The summed E-state index contributed by atoms with van der Waals surface area (Å²) in [7, 11) is -3.51. The molecule has 1 fully saturated rings. The summed E-state index contributed by atoms with van der Waals surface area (Å²) in [4.78, 5) is 38.6. The highest BCUT2D eigenvalue weighted by molar-refractivity contribution is 7.90. The van der Waals surface area contributed by atoms with Gasteiger partial charge in [0.2, 0.25) is 5.91 Å². The standard InChI is InChI=1S/C16H19ClN2O6S/c1-11(20)18-5-7-19(8-6-18)15(21)10-25-16(22)13-9-12(26(2,23)24)3-4-14(13)17/h3-4,9H,5-8,10H2,1-2H3. The van der Waals surface area contributed by atoms with Crippen LogP contribution in [0.25, 0.3) is 0 Å². The van der Waals surface area contributed by atoms with E-state index in [1.807, 2.05) is 0 Å². The summed E-state index contributed by atoms with van der Waals surface area (Å²) in [6, 6.07) is 3.70. The topological polar surface area (TPSA) is 101 Å². The number of carbonyl (C=O) groups is 3. The van der Waals surface area contributed by atoms with Crippen molar-refractivity contribution in [3.63, 3.8) is 0 Å². The third-order valence-electron chi connectivity index (χ3n) is 3.99. The first kappa shape index (κ1) is 20.2. The number of amides is 2. The predicted molar refractivity (Wildman–Crippen MR) is 93.7 cm³/mol. The number of benzene rings is 1. The molecule has 0 aromatic heterocycles. The number of halogens is 1. The maximum atomic E-state index is 12.1. The summed E-state index contributed by atoms with van der Waals surface area (Å²) >= 11 is 5.92. The van der Waals surface area contributed by atoms with Crippen molar-refractivity contribution in [3.8, 4) is 0 Å². The zero-order chi connectivity index (χ0) is 19.5. The van der Waals surface area contributed by atoms with Gasteiger partial charge in [-0.15, -0.1) is 0 Å². The molecule has 1 aromatic rings. The minimum Gasteiger partial charge on any atom is -0.452 e. The molecule has 0 spiro atoms. The number of hydrogen-bond acceptors (Lipinski definition) is 6. The third kappa shape index (κ3) is 4.95. The number of rotatable bonds is 4. The van der Waals surface area contributed by atoms with Gasteiger partial charge in [-0.2, -0.15) is 0 Å². The number of carbonyl (C=O) groups excluding carboxylic acids is 3. The second kappa shape index (κ2) is 8.05. The monoisotopic (exact) mass is 402 g/mol. The summed E-state index contributed by atoms with van der Waals surface area (Å²) in [6.07, 6.45) is 1.01. The van der Waals surface area contributed by atoms with Gasteiger partial charge in [0, 0.05) is 39.4 Å². The van der Waals surface area contributed by atoms with Crippen LogP contribution in [0.2, 0.25) is 5.02 Å². The lowest BCUT2D eigenvalue weighted by Crippen LogP contribution is -2.51. The summed E-state index contributed by atoms with van der Waals surface area (Å²) in [5.41, 5.74) is -0.121. The van der Waals surface area contributed by atoms with Gasteiger partial charge < -0.3 is 14.5 Å². The van der Waals surface area contributed by atoms with Crippen molar-refractivity contribution < 1.29 is 27.5 Å². The van der Waals surface area contributed by atoms with Crippen LogP contribution in [0.1, 0.15) is 17.3 Å². The van der Waals surface area contributed by atoms with Crippen molar-refractivity contribution in [2.45, 2.75) is 11.8 Å². The Labute approximate surface area is 156 Å². The van der Waals surface area contributed by atoms with E-state index in [2.05, 4.69) is 0 Å². The van der Waals surface area contributed by atoms with Crippen molar-refractivity contribution in [2.75, 3.05) is 39.0 Å². The van der Waals surface area contributed by atoms with Gasteiger partial charge in [0.25, 0.3) is 5.91 Å². The molecule has 1 aliphatic heterocycles. The van der Waals surface area contributed by atoms with Crippen LogP contribution in [0.4, 0.5) is 0 Å². The van der Waals surface area contributed by atoms with Crippen LogP contribution >= 0.6 is 11.6 Å². The summed E-state index contributed by atoms with van der Waals surface area (Å²) in [6.45, 7) is 2.56. The zero-order valence-corrected chi connectivity index (χ0v) is 16.0. The SMILES string of the molecule is CC(=O)N1CCN(C(=O)COC(=O)c2cc(S(C)(=O)=O)ccc2Cl)CC1. The molecule has 1 saturated heterocycles. The van der Waals surface area contributed by atoms with E-state index in [0.29, 0.717) is 26.2 Å². The van der Waals surface area contributed by atoms with Gasteiger partial charge in [-0.25, -0.2) is 13.2 Å². The highest BCUT2D eigenvalue weighted by atomic mass is 35.5. The molecule has 1 aliphatic rings. The Morgan fingerprint density at radius 1 is 1.12 bits per heavy atom. The number of nitrogens with zero attached hydrogens (tertiary/aromatic N) is 2. The van der Waals surface area contributed by atoms with Crippen LogP contribution in [0, 0.1) is 0 Å². The molecule has 2 amide bonds. The molecular formula is C16H19ClN2O6S. The lowest BCUT2D eigenvalue weighted by Gasteiger charge is -2.34. The normalized spacial score (nSPS) is 14.9. The van der Waals surface area contributed by atoms with Crippen LogP contribution in [-0.4, -0.2) is 75.0 Å². The van der Waals surface area contributed by atoms with Crippen LogP contribution in [0.5, 0.6) is 0 Å². The minimum absolute atomic E-state index is 0.0323. The zero-order valence-electron chi connectivity index (χ0n) is 14.4.